The van der Waals surface area contributed by atoms with Crippen LogP contribution in [0.1, 0.15) is 18.9 Å². The maximum atomic E-state index is 4.51. The van der Waals surface area contributed by atoms with Gasteiger partial charge in [0.1, 0.15) is 0 Å². The molecule has 1 unspecified atom stereocenters. The van der Waals surface area contributed by atoms with E-state index in [9.17, 15) is 0 Å². The lowest BCUT2D eigenvalue weighted by atomic mass is 10.2. The molecule has 2 rings (SSSR count). The summed E-state index contributed by atoms with van der Waals surface area (Å²) in [6, 6.07) is 4.20. The Morgan fingerprint density at radius 2 is 2.06 bits per heavy atom. The monoisotopic (exact) mass is 376 g/mol. The molecular formula is C12H14Br2N2S. The molecule has 17 heavy (non-hydrogen) atoms. The predicted molar refractivity (Wildman–Crippen MR) is 84.2 cm³/mol. The fraction of sp³-hybridized carbons (Fsp3) is 0.417. The van der Waals surface area contributed by atoms with Crippen molar-refractivity contribution in [2.45, 2.75) is 25.5 Å². The fourth-order valence-electron chi connectivity index (χ4n) is 1.62. The van der Waals surface area contributed by atoms with Gasteiger partial charge in [-0.1, -0.05) is 18.7 Å². The van der Waals surface area contributed by atoms with Crippen LogP contribution in [-0.4, -0.2) is 17.0 Å². The van der Waals surface area contributed by atoms with E-state index in [0.717, 1.165) is 32.8 Å². The van der Waals surface area contributed by atoms with Crippen molar-refractivity contribution in [3.8, 4) is 0 Å². The second-order valence-electron chi connectivity index (χ2n) is 4.02. The first-order chi connectivity index (χ1) is 8.10. The van der Waals surface area contributed by atoms with E-state index in [1.807, 2.05) is 11.8 Å². The molecule has 0 aliphatic carbocycles. The number of aliphatic imine (C=N–C) groups is 1. The van der Waals surface area contributed by atoms with Gasteiger partial charge in [-0.15, -0.1) is 0 Å². The third kappa shape index (κ3) is 3.26. The molecule has 1 atom stereocenters. The zero-order valence-corrected chi connectivity index (χ0v) is 13.7. The van der Waals surface area contributed by atoms with Crippen LogP contribution in [0.5, 0.6) is 0 Å². The highest BCUT2D eigenvalue weighted by Gasteiger charge is 2.19. The highest BCUT2D eigenvalue weighted by molar-refractivity contribution is 9.11. The summed E-state index contributed by atoms with van der Waals surface area (Å²) in [7, 11) is 0. The summed E-state index contributed by atoms with van der Waals surface area (Å²) in [4.78, 5) is 4.51. The molecule has 0 bridgehead atoms. The van der Waals surface area contributed by atoms with Crippen molar-refractivity contribution >= 4 is 54.5 Å². The number of thioether (sulfide) groups is 1. The minimum absolute atomic E-state index is 0.625. The quantitative estimate of drug-likeness (QED) is 0.799. The van der Waals surface area contributed by atoms with Crippen LogP contribution in [0.25, 0.3) is 0 Å². The highest BCUT2D eigenvalue weighted by Crippen LogP contribution is 2.34. The maximum Gasteiger partial charge on any atom is 0.161 e. The lowest BCUT2D eigenvalue weighted by molar-refractivity contribution is 0.843. The van der Waals surface area contributed by atoms with Crippen molar-refractivity contribution in [2.75, 3.05) is 11.9 Å². The summed E-state index contributed by atoms with van der Waals surface area (Å²) in [6.45, 7) is 5.20. The molecular weight excluding hydrogens is 364 g/mol. The van der Waals surface area contributed by atoms with E-state index in [4.69, 9.17) is 0 Å². The Labute approximate surface area is 123 Å². The van der Waals surface area contributed by atoms with Gasteiger partial charge >= 0.3 is 0 Å². The van der Waals surface area contributed by atoms with Gasteiger partial charge in [0.05, 0.1) is 12.2 Å². The number of benzene rings is 1. The minimum Gasteiger partial charge on any atom is -0.333 e. The second-order valence-corrected chi connectivity index (χ2v) is 7.02. The molecule has 0 saturated heterocycles. The minimum atomic E-state index is 0.625. The maximum absolute atomic E-state index is 4.51. The Hall–Kier alpha value is -0.000000000000000111. The van der Waals surface area contributed by atoms with Crippen molar-refractivity contribution < 1.29 is 0 Å². The Morgan fingerprint density at radius 1 is 1.41 bits per heavy atom. The number of aryl methyl sites for hydroxylation is 1. The summed E-state index contributed by atoms with van der Waals surface area (Å²) in [5.74, 6) is 0. The third-order valence-electron chi connectivity index (χ3n) is 2.59. The Balaban J connectivity index is 2.15. The predicted octanol–water partition coefficient (Wildman–Crippen LogP) is 4.81. The van der Waals surface area contributed by atoms with Crippen molar-refractivity contribution in [1.29, 1.82) is 0 Å². The van der Waals surface area contributed by atoms with Crippen molar-refractivity contribution in [3.05, 3.63) is 26.6 Å². The molecule has 1 heterocycles. The molecule has 0 aromatic heterocycles. The Bertz CT molecular complexity index is 437. The Kier molecular flexibility index (Phi) is 4.55. The second kappa shape index (κ2) is 5.76. The van der Waals surface area contributed by atoms with E-state index in [-0.39, 0.29) is 0 Å². The number of anilines is 1. The number of amidine groups is 1. The van der Waals surface area contributed by atoms with E-state index in [1.54, 1.807) is 0 Å². The molecule has 1 N–H and O–H groups in total. The van der Waals surface area contributed by atoms with Gasteiger partial charge in [-0.05, 0) is 62.9 Å². The summed E-state index contributed by atoms with van der Waals surface area (Å²) in [5, 5.41) is 5.03. The van der Waals surface area contributed by atoms with Crippen LogP contribution < -0.4 is 5.32 Å². The zero-order chi connectivity index (χ0) is 12.4. The SMILES string of the molecule is CCC1CN=C(Nc2c(Br)cc(C)cc2Br)S1. The normalized spacial score (nSPS) is 19.3. The fourth-order valence-corrected chi connectivity index (χ4v) is 4.18. The lowest BCUT2D eigenvalue weighted by Crippen LogP contribution is -2.08. The first kappa shape index (κ1) is 13.4. The summed E-state index contributed by atoms with van der Waals surface area (Å²) < 4.78 is 2.13. The van der Waals surface area contributed by atoms with Gasteiger partial charge in [0.15, 0.2) is 5.17 Å². The molecule has 0 amide bonds. The van der Waals surface area contributed by atoms with Crippen LogP contribution in [0.4, 0.5) is 5.69 Å². The summed E-state index contributed by atoms with van der Waals surface area (Å²) in [6.07, 6.45) is 1.16. The molecule has 0 radical (unpaired) electrons. The van der Waals surface area contributed by atoms with Crippen molar-refractivity contribution in [1.82, 2.24) is 0 Å². The summed E-state index contributed by atoms with van der Waals surface area (Å²) in [5.41, 5.74) is 2.28. The first-order valence-electron chi connectivity index (χ1n) is 5.54. The first-order valence-corrected chi connectivity index (χ1v) is 8.00. The third-order valence-corrected chi connectivity index (χ3v) is 5.11. The number of hydrogen-bond donors (Lipinski definition) is 1. The van der Waals surface area contributed by atoms with Gasteiger partial charge in [-0.3, -0.25) is 4.99 Å². The van der Waals surface area contributed by atoms with Crippen LogP contribution in [0.15, 0.2) is 26.1 Å². The molecule has 1 aliphatic heterocycles. The topological polar surface area (TPSA) is 24.4 Å². The van der Waals surface area contributed by atoms with E-state index < -0.39 is 0 Å². The van der Waals surface area contributed by atoms with Crippen LogP contribution in [0, 0.1) is 6.92 Å². The lowest BCUT2D eigenvalue weighted by Gasteiger charge is -2.11. The van der Waals surface area contributed by atoms with E-state index >= 15 is 0 Å². The highest BCUT2D eigenvalue weighted by atomic mass is 79.9. The van der Waals surface area contributed by atoms with Gasteiger partial charge in [0.2, 0.25) is 0 Å². The number of halogens is 2. The van der Waals surface area contributed by atoms with Gasteiger partial charge < -0.3 is 5.32 Å². The van der Waals surface area contributed by atoms with Crippen LogP contribution in [0.2, 0.25) is 0 Å². The molecule has 0 fully saturated rings. The molecule has 5 heteroatoms. The van der Waals surface area contributed by atoms with Crippen molar-refractivity contribution in [3.63, 3.8) is 0 Å². The molecule has 92 valence electrons. The number of hydrogen-bond acceptors (Lipinski definition) is 3. The van der Waals surface area contributed by atoms with Gasteiger partial charge in [-0.2, -0.15) is 0 Å². The molecule has 1 aliphatic rings. The molecule has 0 saturated carbocycles. The standard InChI is InChI=1S/C12H14Br2N2S/c1-3-8-6-15-12(17-8)16-11-9(13)4-7(2)5-10(11)14/h4-5,8H,3,6H2,1-2H3,(H,15,16). The smallest absolute Gasteiger partial charge is 0.161 e. The van der Waals surface area contributed by atoms with Crippen LogP contribution in [0.3, 0.4) is 0 Å². The number of nitrogens with one attached hydrogen (secondary N) is 1. The number of nitrogens with zero attached hydrogens (tertiary/aromatic N) is 1. The van der Waals surface area contributed by atoms with Gasteiger partial charge in [0.25, 0.3) is 0 Å². The molecule has 1 aromatic rings. The van der Waals surface area contributed by atoms with Gasteiger partial charge in [0, 0.05) is 14.2 Å². The average Bonchev–Trinajstić information content (AvgIpc) is 2.71. The van der Waals surface area contributed by atoms with E-state index in [1.165, 1.54) is 5.56 Å². The molecule has 0 spiro atoms. The Morgan fingerprint density at radius 3 is 2.59 bits per heavy atom. The molecule has 2 nitrogen and oxygen atoms in total. The van der Waals surface area contributed by atoms with Crippen molar-refractivity contribution in [2.24, 2.45) is 4.99 Å². The van der Waals surface area contributed by atoms with E-state index in [0.29, 0.717) is 5.25 Å². The zero-order valence-electron chi connectivity index (χ0n) is 9.76. The molecule has 1 aromatic carbocycles. The largest absolute Gasteiger partial charge is 0.333 e. The number of rotatable bonds is 2. The average molecular weight is 378 g/mol. The summed E-state index contributed by atoms with van der Waals surface area (Å²) >= 11 is 8.99. The van der Waals surface area contributed by atoms with Crippen LogP contribution >= 0.6 is 43.6 Å². The van der Waals surface area contributed by atoms with Crippen LogP contribution in [-0.2, 0) is 0 Å². The van der Waals surface area contributed by atoms with Gasteiger partial charge in [-0.25, -0.2) is 0 Å². The van der Waals surface area contributed by atoms with E-state index in [2.05, 4.69) is 68.1 Å².